The molecule has 0 spiro atoms. The lowest BCUT2D eigenvalue weighted by molar-refractivity contribution is 0.566. The zero-order chi connectivity index (χ0) is 14.6. The van der Waals surface area contributed by atoms with E-state index in [0.29, 0.717) is 6.54 Å². The van der Waals surface area contributed by atoms with E-state index < -0.39 is 10.0 Å². The minimum absolute atomic E-state index is 0.227. The number of aromatic nitrogens is 1. The van der Waals surface area contributed by atoms with Gasteiger partial charge in [-0.25, -0.2) is 13.1 Å². The highest BCUT2D eigenvalue weighted by atomic mass is 32.2. The molecule has 0 aliphatic heterocycles. The zero-order valence-corrected chi connectivity index (χ0v) is 12.0. The molecule has 1 aromatic heterocycles. The minimum Gasteiger partial charge on any atom is -0.326 e. The number of hydrogen-bond donors (Lipinski definition) is 2. The standard InChI is InChI=1S/C14H17N3O2S/c1-11(13-3-2-8-16-10-13)17-20(18,19)14-6-4-12(9-15)5-7-14/h2-8,10-11,17H,9,15H2,1H3. The lowest BCUT2D eigenvalue weighted by atomic mass is 10.2. The second kappa shape index (κ2) is 6.13. The van der Waals surface area contributed by atoms with Crippen molar-refractivity contribution in [3.8, 4) is 0 Å². The van der Waals surface area contributed by atoms with E-state index in [4.69, 9.17) is 5.73 Å². The second-order valence-electron chi connectivity index (χ2n) is 4.48. The van der Waals surface area contributed by atoms with E-state index in [2.05, 4.69) is 9.71 Å². The third-order valence-electron chi connectivity index (χ3n) is 2.99. The van der Waals surface area contributed by atoms with Gasteiger partial charge in [0.2, 0.25) is 10.0 Å². The summed E-state index contributed by atoms with van der Waals surface area (Å²) in [6.07, 6.45) is 3.29. The van der Waals surface area contributed by atoms with Gasteiger partial charge in [-0.1, -0.05) is 18.2 Å². The van der Waals surface area contributed by atoms with Crippen LogP contribution >= 0.6 is 0 Å². The monoisotopic (exact) mass is 291 g/mol. The van der Waals surface area contributed by atoms with E-state index in [-0.39, 0.29) is 10.9 Å². The number of sulfonamides is 1. The van der Waals surface area contributed by atoms with Gasteiger partial charge in [0.15, 0.2) is 0 Å². The van der Waals surface area contributed by atoms with E-state index in [1.807, 2.05) is 6.07 Å². The maximum Gasteiger partial charge on any atom is 0.241 e. The Kier molecular flexibility index (Phi) is 4.49. The highest BCUT2D eigenvalue weighted by Gasteiger charge is 2.18. The molecular formula is C14H17N3O2S. The molecule has 0 saturated heterocycles. The quantitative estimate of drug-likeness (QED) is 0.876. The Hall–Kier alpha value is -1.76. The molecule has 2 rings (SSSR count). The number of rotatable bonds is 5. The molecule has 1 unspecified atom stereocenters. The van der Waals surface area contributed by atoms with Gasteiger partial charge in [0.1, 0.15) is 0 Å². The first-order valence-electron chi connectivity index (χ1n) is 6.24. The molecule has 0 aliphatic carbocycles. The van der Waals surface area contributed by atoms with Crippen LogP contribution in [0.4, 0.5) is 0 Å². The summed E-state index contributed by atoms with van der Waals surface area (Å²) in [5, 5.41) is 0. The molecule has 0 amide bonds. The van der Waals surface area contributed by atoms with Gasteiger partial charge < -0.3 is 5.73 Å². The summed E-state index contributed by atoms with van der Waals surface area (Å²) < 4.78 is 27.1. The molecule has 2 aromatic rings. The van der Waals surface area contributed by atoms with Crippen molar-refractivity contribution in [2.75, 3.05) is 0 Å². The summed E-state index contributed by atoms with van der Waals surface area (Å²) in [5.41, 5.74) is 7.20. The molecule has 0 bridgehead atoms. The Labute approximate surface area is 118 Å². The molecule has 0 radical (unpaired) electrons. The fraction of sp³-hybridized carbons (Fsp3) is 0.214. The average molecular weight is 291 g/mol. The third kappa shape index (κ3) is 3.41. The first kappa shape index (κ1) is 14.6. The fourth-order valence-electron chi connectivity index (χ4n) is 1.81. The van der Waals surface area contributed by atoms with Gasteiger partial charge in [0, 0.05) is 25.0 Å². The molecule has 0 aliphatic rings. The summed E-state index contributed by atoms with van der Waals surface area (Å²) in [4.78, 5) is 4.21. The molecule has 0 fully saturated rings. The van der Waals surface area contributed by atoms with Gasteiger partial charge in [0.25, 0.3) is 0 Å². The van der Waals surface area contributed by atoms with Crippen LogP contribution < -0.4 is 10.5 Å². The first-order valence-corrected chi connectivity index (χ1v) is 7.72. The molecule has 20 heavy (non-hydrogen) atoms. The van der Waals surface area contributed by atoms with E-state index in [9.17, 15) is 8.42 Å². The average Bonchev–Trinajstić information content (AvgIpc) is 2.48. The van der Waals surface area contributed by atoms with Crippen molar-refractivity contribution in [3.05, 3.63) is 59.9 Å². The van der Waals surface area contributed by atoms with E-state index in [0.717, 1.165) is 11.1 Å². The van der Waals surface area contributed by atoms with Crippen LogP contribution in [0.25, 0.3) is 0 Å². The molecule has 1 aromatic carbocycles. The maximum absolute atomic E-state index is 12.3. The lowest BCUT2D eigenvalue weighted by Crippen LogP contribution is -2.27. The summed E-state index contributed by atoms with van der Waals surface area (Å²) in [7, 11) is -3.55. The summed E-state index contributed by atoms with van der Waals surface area (Å²) in [6.45, 7) is 2.17. The predicted octanol–water partition coefficient (Wildman–Crippen LogP) is 1.58. The summed E-state index contributed by atoms with van der Waals surface area (Å²) in [6, 6.07) is 9.80. The molecule has 0 saturated carbocycles. The van der Waals surface area contributed by atoms with Crippen molar-refractivity contribution in [1.82, 2.24) is 9.71 Å². The van der Waals surface area contributed by atoms with Gasteiger partial charge in [-0.15, -0.1) is 0 Å². The number of nitrogens with two attached hydrogens (primary N) is 1. The van der Waals surface area contributed by atoms with Crippen molar-refractivity contribution in [1.29, 1.82) is 0 Å². The van der Waals surface area contributed by atoms with Crippen LogP contribution in [0, 0.1) is 0 Å². The minimum atomic E-state index is -3.55. The smallest absolute Gasteiger partial charge is 0.241 e. The van der Waals surface area contributed by atoms with Crippen molar-refractivity contribution < 1.29 is 8.42 Å². The van der Waals surface area contributed by atoms with Gasteiger partial charge >= 0.3 is 0 Å². The number of pyridine rings is 1. The maximum atomic E-state index is 12.3. The predicted molar refractivity (Wildman–Crippen MR) is 77.3 cm³/mol. The number of nitrogens with zero attached hydrogens (tertiary/aromatic N) is 1. The second-order valence-corrected chi connectivity index (χ2v) is 6.19. The molecule has 1 heterocycles. The SMILES string of the molecule is CC(NS(=O)(=O)c1ccc(CN)cc1)c1cccnc1. The zero-order valence-electron chi connectivity index (χ0n) is 11.2. The number of hydrogen-bond acceptors (Lipinski definition) is 4. The van der Waals surface area contributed by atoms with Gasteiger partial charge in [0.05, 0.1) is 4.90 Å². The Morgan fingerprint density at radius 2 is 1.95 bits per heavy atom. The van der Waals surface area contributed by atoms with Crippen molar-refractivity contribution in [2.24, 2.45) is 5.73 Å². The molecule has 5 nitrogen and oxygen atoms in total. The fourth-order valence-corrected chi connectivity index (χ4v) is 3.04. The van der Waals surface area contributed by atoms with Crippen LogP contribution in [0.3, 0.4) is 0 Å². The molecule has 6 heteroatoms. The van der Waals surface area contributed by atoms with Crippen LogP contribution in [-0.4, -0.2) is 13.4 Å². The number of nitrogens with one attached hydrogen (secondary N) is 1. The van der Waals surface area contributed by atoms with Gasteiger partial charge in [-0.3, -0.25) is 4.98 Å². The largest absolute Gasteiger partial charge is 0.326 e. The number of benzene rings is 1. The topological polar surface area (TPSA) is 85.1 Å². The van der Waals surface area contributed by atoms with Gasteiger partial charge in [-0.2, -0.15) is 0 Å². The van der Waals surface area contributed by atoms with E-state index in [1.54, 1.807) is 49.6 Å². The molecule has 106 valence electrons. The van der Waals surface area contributed by atoms with E-state index in [1.165, 1.54) is 0 Å². The van der Waals surface area contributed by atoms with Crippen LogP contribution in [0.1, 0.15) is 24.1 Å². The van der Waals surface area contributed by atoms with Crippen LogP contribution in [0.2, 0.25) is 0 Å². The molecule has 3 N–H and O–H groups in total. The normalized spacial score (nSPS) is 13.1. The Balaban J connectivity index is 2.18. The third-order valence-corrected chi connectivity index (χ3v) is 4.54. The van der Waals surface area contributed by atoms with Crippen molar-refractivity contribution >= 4 is 10.0 Å². The van der Waals surface area contributed by atoms with Crippen LogP contribution in [0.15, 0.2) is 53.7 Å². The molecule has 1 atom stereocenters. The summed E-state index contributed by atoms with van der Waals surface area (Å²) >= 11 is 0. The van der Waals surface area contributed by atoms with E-state index >= 15 is 0 Å². The Bertz CT molecular complexity index is 655. The van der Waals surface area contributed by atoms with Crippen LogP contribution in [-0.2, 0) is 16.6 Å². The highest BCUT2D eigenvalue weighted by Crippen LogP contribution is 2.16. The molecular weight excluding hydrogens is 274 g/mol. The first-order chi connectivity index (χ1) is 9.53. The Morgan fingerprint density at radius 3 is 2.50 bits per heavy atom. The van der Waals surface area contributed by atoms with Gasteiger partial charge in [-0.05, 0) is 36.2 Å². The lowest BCUT2D eigenvalue weighted by Gasteiger charge is -2.14. The van der Waals surface area contributed by atoms with Crippen LogP contribution in [0.5, 0.6) is 0 Å². The summed E-state index contributed by atoms with van der Waals surface area (Å²) in [5.74, 6) is 0. The van der Waals surface area contributed by atoms with Crippen molar-refractivity contribution in [3.63, 3.8) is 0 Å². The Morgan fingerprint density at radius 1 is 1.25 bits per heavy atom. The van der Waals surface area contributed by atoms with Crippen molar-refractivity contribution in [2.45, 2.75) is 24.4 Å². The highest BCUT2D eigenvalue weighted by molar-refractivity contribution is 7.89.